The minimum absolute atomic E-state index is 0.0579. The molecule has 0 radical (unpaired) electrons. The lowest BCUT2D eigenvalue weighted by molar-refractivity contribution is -0.142. The summed E-state index contributed by atoms with van der Waals surface area (Å²) in [4.78, 5) is 55.7. The number of hydrogen-bond acceptors (Lipinski definition) is 7. The van der Waals surface area contributed by atoms with Gasteiger partial charge in [0.2, 0.25) is 17.7 Å². The number of nitrogens with one attached hydrogen (secondary N) is 3. The molecule has 0 heterocycles. The summed E-state index contributed by atoms with van der Waals surface area (Å²) in [6.45, 7) is 0.695. The normalized spacial score (nSPS) is 13.5. The fourth-order valence-electron chi connectivity index (χ4n) is 4.34. The zero-order chi connectivity index (χ0) is 31.6. The van der Waals surface area contributed by atoms with E-state index in [4.69, 9.17) is 22.9 Å². The second-order valence-electron chi connectivity index (χ2n) is 10.2. The number of aliphatic carboxylic acids is 1. The predicted octanol–water partition coefficient (Wildman–Crippen LogP) is -0.479. The third-order valence-electron chi connectivity index (χ3n) is 6.70. The summed E-state index contributed by atoms with van der Waals surface area (Å²) in [5.41, 5.74) is 23.9. The van der Waals surface area contributed by atoms with Crippen molar-refractivity contribution in [3.8, 4) is 0 Å². The van der Waals surface area contributed by atoms with E-state index < -0.39 is 47.9 Å². The van der Waals surface area contributed by atoms with Crippen LogP contribution in [0.5, 0.6) is 0 Å². The van der Waals surface area contributed by atoms with Gasteiger partial charge in [-0.1, -0.05) is 60.7 Å². The van der Waals surface area contributed by atoms with Gasteiger partial charge in [-0.15, -0.1) is 0 Å². The number of carboxylic acids is 1. The summed E-state index contributed by atoms with van der Waals surface area (Å²) in [6, 6.07) is 13.7. The van der Waals surface area contributed by atoms with Crippen molar-refractivity contribution in [3.05, 3.63) is 71.8 Å². The maximum Gasteiger partial charge on any atom is 0.326 e. The van der Waals surface area contributed by atoms with E-state index in [9.17, 15) is 24.3 Å². The van der Waals surface area contributed by atoms with Crippen LogP contribution in [0.2, 0.25) is 0 Å². The summed E-state index contributed by atoms with van der Waals surface area (Å²) in [7, 11) is 0. The molecule has 0 saturated heterocycles. The van der Waals surface area contributed by atoms with Gasteiger partial charge in [0.25, 0.3) is 0 Å². The monoisotopic (exact) mass is 596 g/mol. The molecule has 0 aliphatic heterocycles. The number of nitrogens with two attached hydrogens (primary N) is 4. The molecule has 0 bridgehead atoms. The topological polar surface area (TPSA) is 241 Å². The number of unbranched alkanes of at least 4 members (excludes halogenated alkanes) is 1. The first kappa shape index (κ1) is 34.7. The van der Waals surface area contributed by atoms with Crippen LogP contribution in [0.4, 0.5) is 0 Å². The molecule has 4 unspecified atom stereocenters. The molecule has 4 atom stereocenters. The molecule has 13 heteroatoms. The lowest BCUT2D eigenvalue weighted by Gasteiger charge is -2.25. The number of rotatable bonds is 19. The first-order valence-corrected chi connectivity index (χ1v) is 14.3. The molecule has 0 saturated carbocycles. The molecule has 0 fully saturated rings. The summed E-state index contributed by atoms with van der Waals surface area (Å²) >= 11 is 0. The first-order chi connectivity index (χ1) is 20.6. The van der Waals surface area contributed by atoms with Crippen molar-refractivity contribution < 1.29 is 24.3 Å². The van der Waals surface area contributed by atoms with Gasteiger partial charge in [0.05, 0.1) is 6.04 Å². The SMILES string of the molecule is NCCCCC(NC(=O)C(Cc1ccccc1)NC(=O)C(N)CCCN=C(N)N)C(=O)NC(Cc1ccccc1)C(=O)O. The average molecular weight is 597 g/mol. The highest BCUT2D eigenvalue weighted by atomic mass is 16.4. The fraction of sp³-hybridized carbons (Fsp3) is 0.433. The number of aliphatic imine (C=N–C) groups is 1. The van der Waals surface area contributed by atoms with Crippen molar-refractivity contribution in [1.29, 1.82) is 0 Å². The quantitative estimate of drug-likeness (QED) is 0.0592. The maximum atomic E-state index is 13.6. The Morgan fingerprint density at radius 3 is 1.74 bits per heavy atom. The Bertz CT molecular complexity index is 1190. The third-order valence-corrected chi connectivity index (χ3v) is 6.70. The Kier molecular flexibility index (Phi) is 15.2. The molecule has 0 aliphatic rings. The van der Waals surface area contributed by atoms with Gasteiger partial charge in [0.15, 0.2) is 5.96 Å². The Morgan fingerprint density at radius 2 is 1.21 bits per heavy atom. The molecular weight excluding hydrogens is 552 g/mol. The zero-order valence-corrected chi connectivity index (χ0v) is 24.3. The van der Waals surface area contributed by atoms with E-state index in [0.29, 0.717) is 32.4 Å². The summed E-state index contributed by atoms with van der Waals surface area (Å²) in [6.07, 6.45) is 2.29. The lowest BCUT2D eigenvalue weighted by Crippen LogP contribution is -2.57. The highest BCUT2D eigenvalue weighted by Gasteiger charge is 2.30. The molecular formula is C30H44N8O5. The molecule has 2 rings (SSSR count). The number of guanidine groups is 1. The van der Waals surface area contributed by atoms with Crippen LogP contribution in [-0.4, -0.2) is 72.0 Å². The Labute approximate surface area is 251 Å². The number of carboxylic acid groups (broad SMARTS) is 1. The average Bonchev–Trinajstić information content (AvgIpc) is 2.98. The summed E-state index contributed by atoms with van der Waals surface area (Å²) in [5, 5.41) is 17.8. The number of nitrogens with zero attached hydrogens (tertiary/aromatic N) is 1. The van der Waals surface area contributed by atoms with Crippen molar-refractivity contribution in [3.63, 3.8) is 0 Å². The highest BCUT2D eigenvalue weighted by molar-refractivity contribution is 5.94. The number of carbonyl (C=O) groups is 4. The van der Waals surface area contributed by atoms with Crippen molar-refractivity contribution in [2.24, 2.45) is 27.9 Å². The zero-order valence-electron chi connectivity index (χ0n) is 24.3. The van der Waals surface area contributed by atoms with E-state index in [-0.39, 0.29) is 31.6 Å². The highest BCUT2D eigenvalue weighted by Crippen LogP contribution is 2.09. The van der Waals surface area contributed by atoms with Gasteiger partial charge < -0.3 is 44.0 Å². The molecule has 0 spiro atoms. The van der Waals surface area contributed by atoms with Gasteiger partial charge >= 0.3 is 5.97 Å². The van der Waals surface area contributed by atoms with Gasteiger partial charge in [0.1, 0.15) is 18.1 Å². The fourth-order valence-corrected chi connectivity index (χ4v) is 4.34. The van der Waals surface area contributed by atoms with E-state index in [1.165, 1.54) is 0 Å². The molecule has 0 aromatic heterocycles. The van der Waals surface area contributed by atoms with Crippen LogP contribution in [0, 0.1) is 0 Å². The van der Waals surface area contributed by atoms with Gasteiger partial charge in [-0.05, 0) is 49.8 Å². The van der Waals surface area contributed by atoms with Gasteiger partial charge in [0, 0.05) is 19.4 Å². The van der Waals surface area contributed by atoms with Gasteiger partial charge in [-0.2, -0.15) is 0 Å². The standard InChI is InChI=1S/C30H44N8O5/c31-16-8-7-15-23(27(40)38-25(29(42)43)19-21-12-5-2-6-13-21)36-28(41)24(18-20-10-3-1-4-11-20)37-26(39)22(32)14-9-17-35-30(33)34/h1-6,10-13,22-25H,7-9,14-19,31-32H2,(H,36,41)(H,37,39)(H,38,40)(H,42,43)(H4,33,34,35). The Morgan fingerprint density at radius 1 is 0.698 bits per heavy atom. The molecule has 2 aromatic carbocycles. The van der Waals surface area contributed by atoms with Crippen molar-refractivity contribution >= 4 is 29.7 Å². The van der Waals surface area contributed by atoms with E-state index in [2.05, 4.69) is 20.9 Å². The molecule has 2 aromatic rings. The van der Waals surface area contributed by atoms with Crippen LogP contribution in [0.25, 0.3) is 0 Å². The van der Waals surface area contributed by atoms with Crippen LogP contribution >= 0.6 is 0 Å². The minimum Gasteiger partial charge on any atom is -0.480 e. The lowest BCUT2D eigenvalue weighted by atomic mass is 10.0. The molecule has 43 heavy (non-hydrogen) atoms. The minimum atomic E-state index is -1.21. The Hall–Kier alpha value is -4.49. The second-order valence-corrected chi connectivity index (χ2v) is 10.2. The van der Waals surface area contributed by atoms with Crippen molar-refractivity contribution in [2.75, 3.05) is 13.1 Å². The van der Waals surface area contributed by atoms with Crippen molar-refractivity contribution in [2.45, 2.75) is 69.1 Å². The Balaban J connectivity index is 2.18. The third kappa shape index (κ3) is 13.4. The molecule has 13 nitrogen and oxygen atoms in total. The van der Waals surface area contributed by atoms with E-state index in [0.717, 1.165) is 11.1 Å². The van der Waals surface area contributed by atoms with Crippen LogP contribution in [-0.2, 0) is 32.0 Å². The van der Waals surface area contributed by atoms with Gasteiger partial charge in [-0.3, -0.25) is 19.4 Å². The van der Waals surface area contributed by atoms with E-state index in [1.807, 2.05) is 36.4 Å². The van der Waals surface area contributed by atoms with Gasteiger partial charge in [-0.25, -0.2) is 4.79 Å². The summed E-state index contributed by atoms with van der Waals surface area (Å²) in [5.74, 6) is -3.05. The predicted molar refractivity (Wildman–Crippen MR) is 165 cm³/mol. The number of amides is 3. The maximum absolute atomic E-state index is 13.6. The molecule has 12 N–H and O–H groups in total. The molecule has 0 aliphatic carbocycles. The number of carbonyl (C=O) groups excluding carboxylic acids is 3. The largest absolute Gasteiger partial charge is 0.480 e. The van der Waals surface area contributed by atoms with E-state index in [1.54, 1.807) is 24.3 Å². The smallest absolute Gasteiger partial charge is 0.326 e. The first-order valence-electron chi connectivity index (χ1n) is 14.3. The number of benzene rings is 2. The molecule has 3 amide bonds. The van der Waals surface area contributed by atoms with Crippen molar-refractivity contribution in [1.82, 2.24) is 16.0 Å². The summed E-state index contributed by atoms with van der Waals surface area (Å²) < 4.78 is 0. The van der Waals surface area contributed by atoms with Crippen LogP contribution < -0.4 is 38.9 Å². The van der Waals surface area contributed by atoms with Crippen LogP contribution in [0.1, 0.15) is 43.2 Å². The number of hydrogen-bond donors (Lipinski definition) is 8. The molecule has 234 valence electrons. The second kappa shape index (κ2) is 18.8. The van der Waals surface area contributed by atoms with Crippen LogP contribution in [0.3, 0.4) is 0 Å². The van der Waals surface area contributed by atoms with E-state index >= 15 is 0 Å². The van der Waals surface area contributed by atoms with Crippen LogP contribution in [0.15, 0.2) is 65.7 Å².